The van der Waals surface area contributed by atoms with Gasteiger partial charge in [-0.05, 0) is 61.7 Å². The highest BCUT2D eigenvalue weighted by Gasteiger charge is 2.17. The van der Waals surface area contributed by atoms with Crippen LogP contribution in [0.5, 0.6) is 23.0 Å². The van der Waals surface area contributed by atoms with Gasteiger partial charge < -0.3 is 24.3 Å². The molecule has 7 heteroatoms. The third-order valence-electron chi connectivity index (χ3n) is 4.20. The highest BCUT2D eigenvalue weighted by atomic mass is 35.5. The summed E-state index contributed by atoms with van der Waals surface area (Å²) in [6.45, 7) is 5.67. The number of nitrogens with one attached hydrogen (secondary N) is 1. The molecule has 0 radical (unpaired) electrons. The van der Waals surface area contributed by atoms with E-state index in [1.54, 1.807) is 18.2 Å². The smallest absolute Gasteiger partial charge is 0.244 e. The van der Waals surface area contributed by atoms with Crippen LogP contribution in [-0.4, -0.2) is 32.5 Å². The van der Waals surface area contributed by atoms with Crippen LogP contribution in [0.3, 0.4) is 0 Å². The molecular formula is C22H24ClNO5. The summed E-state index contributed by atoms with van der Waals surface area (Å²) in [4.78, 5) is 12.1. The molecule has 0 bridgehead atoms. The number of halogens is 1. The molecule has 0 aromatic heterocycles. The van der Waals surface area contributed by atoms with Gasteiger partial charge in [0.25, 0.3) is 0 Å². The van der Waals surface area contributed by atoms with Crippen molar-refractivity contribution < 1.29 is 23.7 Å². The van der Waals surface area contributed by atoms with Gasteiger partial charge in [0.1, 0.15) is 0 Å². The van der Waals surface area contributed by atoms with Gasteiger partial charge in [-0.1, -0.05) is 17.7 Å². The quantitative estimate of drug-likeness (QED) is 0.618. The van der Waals surface area contributed by atoms with Crippen molar-refractivity contribution in [1.82, 2.24) is 5.32 Å². The SMILES string of the molecule is CCOc1ccc(CCNC(=O)/C=C/c2cc(Cl)c3c(c2)OCO3)cc1OCC. The van der Waals surface area contributed by atoms with E-state index in [2.05, 4.69) is 5.32 Å². The lowest BCUT2D eigenvalue weighted by Gasteiger charge is -2.12. The molecule has 6 nitrogen and oxygen atoms in total. The Morgan fingerprint density at radius 3 is 2.72 bits per heavy atom. The maximum Gasteiger partial charge on any atom is 0.244 e. The zero-order chi connectivity index (χ0) is 20.6. The number of amides is 1. The zero-order valence-corrected chi connectivity index (χ0v) is 17.3. The molecule has 154 valence electrons. The molecule has 1 amide bonds. The first-order chi connectivity index (χ1) is 14.1. The van der Waals surface area contributed by atoms with Gasteiger partial charge in [-0.2, -0.15) is 0 Å². The summed E-state index contributed by atoms with van der Waals surface area (Å²) in [5, 5.41) is 3.33. The molecule has 2 aromatic carbocycles. The van der Waals surface area contributed by atoms with Crippen LogP contribution in [0, 0.1) is 0 Å². The Hall–Kier alpha value is -2.86. The summed E-state index contributed by atoms with van der Waals surface area (Å²) >= 11 is 6.15. The molecule has 0 saturated carbocycles. The van der Waals surface area contributed by atoms with E-state index in [9.17, 15) is 4.79 Å². The largest absolute Gasteiger partial charge is 0.490 e. The highest BCUT2D eigenvalue weighted by Crippen LogP contribution is 2.40. The van der Waals surface area contributed by atoms with Gasteiger partial charge in [0.05, 0.1) is 18.2 Å². The summed E-state index contributed by atoms with van der Waals surface area (Å²) in [6.07, 6.45) is 3.84. The Labute approximate surface area is 175 Å². The maximum absolute atomic E-state index is 12.1. The Bertz CT molecular complexity index is 897. The Morgan fingerprint density at radius 2 is 1.93 bits per heavy atom. The number of carbonyl (C=O) groups is 1. The normalized spacial score (nSPS) is 12.2. The average molecular weight is 418 g/mol. The van der Waals surface area contributed by atoms with Crippen molar-refractivity contribution in [2.24, 2.45) is 0 Å². The summed E-state index contributed by atoms with van der Waals surface area (Å²) < 4.78 is 21.8. The molecule has 0 unspecified atom stereocenters. The molecule has 0 aliphatic carbocycles. The second-order valence-corrected chi connectivity index (χ2v) is 6.67. The highest BCUT2D eigenvalue weighted by molar-refractivity contribution is 6.32. The number of ether oxygens (including phenoxy) is 4. The minimum atomic E-state index is -0.185. The van der Waals surface area contributed by atoms with Gasteiger partial charge in [0, 0.05) is 12.6 Å². The standard InChI is InChI=1S/C22H24ClNO5/c1-3-26-18-7-5-15(12-19(18)27-4-2)9-10-24-21(25)8-6-16-11-17(23)22-20(13-16)28-14-29-22/h5-8,11-13H,3-4,9-10,14H2,1-2H3,(H,24,25)/b8-6+. The van der Waals surface area contributed by atoms with Gasteiger partial charge in [-0.25, -0.2) is 0 Å². The number of rotatable bonds is 9. The van der Waals surface area contributed by atoms with E-state index in [1.165, 1.54) is 6.08 Å². The van der Waals surface area contributed by atoms with Crippen LogP contribution in [0.15, 0.2) is 36.4 Å². The number of benzene rings is 2. The number of fused-ring (bicyclic) bond motifs is 1. The molecule has 0 fully saturated rings. The van der Waals surface area contributed by atoms with Gasteiger partial charge in [0.2, 0.25) is 12.7 Å². The first-order valence-electron chi connectivity index (χ1n) is 9.54. The second-order valence-electron chi connectivity index (χ2n) is 6.26. The lowest BCUT2D eigenvalue weighted by molar-refractivity contribution is -0.116. The number of hydrogen-bond donors (Lipinski definition) is 1. The van der Waals surface area contributed by atoms with Gasteiger partial charge >= 0.3 is 0 Å². The molecule has 0 saturated heterocycles. The summed E-state index contributed by atoms with van der Waals surface area (Å²) in [7, 11) is 0. The fraction of sp³-hybridized carbons (Fsp3) is 0.318. The van der Waals surface area contributed by atoms with E-state index >= 15 is 0 Å². The first-order valence-corrected chi connectivity index (χ1v) is 9.92. The molecule has 0 spiro atoms. The molecule has 3 rings (SSSR count). The van der Waals surface area contributed by atoms with Crippen molar-refractivity contribution in [3.8, 4) is 23.0 Å². The lowest BCUT2D eigenvalue weighted by atomic mass is 10.1. The molecule has 1 N–H and O–H groups in total. The van der Waals surface area contributed by atoms with Crippen molar-refractivity contribution in [2.75, 3.05) is 26.6 Å². The predicted octanol–water partition coefficient (Wildman–Crippen LogP) is 4.24. The van der Waals surface area contributed by atoms with Crippen LogP contribution in [0.2, 0.25) is 5.02 Å². The van der Waals surface area contributed by atoms with Crippen LogP contribution >= 0.6 is 11.6 Å². The third kappa shape index (κ3) is 5.57. The molecular weight excluding hydrogens is 394 g/mol. The Balaban J connectivity index is 1.53. The van der Waals surface area contributed by atoms with E-state index in [0.29, 0.717) is 42.7 Å². The fourth-order valence-corrected chi connectivity index (χ4v) is 3.17. The van der Waals surface area contributed by atoms with Crippen molar-refractivity contribution in [3.05, 3.63) is 52.6 Å². The van der Waals surface area contributed by atoms with Crippen molar-refractivity contribution in [3.63, 3.8) is 0 Å². The molecule has 2 aromatic rings. The Morgan fingerprint density at radius 1 is 1.14 bits per heavy atom. The van der Waals surface area contributed by atoms with Crippen LogP contribution in [0.1, 0.15) is 25.0 Å². The molecule has 1 aliphatic heterocycles. The van der Waals surface area contributed by atoms with Crippen LogP contribution in [-0.2, 0) is 11.2 Å². The van der Waals surface area contributed by atoms with Crippen LogP contribution in [0.4, 0.5) is 0 Å². The third-order valence-corrected chi connectivity index (χ3v) is 4.48. The monoisotopic (exact) mass is 417 g/mol. The van der Waals surface area contributed by atoms with Crippen molar-refractivity contribution in [1.29, 1.82) is 0 Å². The number of hydrogen-bond acceptors (Lipinski definition) is 5. The molecule has 0 atom stereocenters. The average Bonchev–Trinajstić information content (AvgIpc) is 3.18. The summed E-state index contributed by atoms with van der Waals surface area (Å²) in [5.41, 5.74) is 1.83. The summed E-state index contributed by atoms with van der Waals surface area (Å²) in [6, 6.07) is 9.34. The topological polar surface area (TPSA) is 66.0 Å². The zero-order valence-electron chi connectivity index (χ0n) is 16.5. The predicted molar refractivity (Wildman–Crippen MR) is 112 cm³/mol. The lowest BCUT2D eigenvalue weighted by Crippen LogP contribution is -2.23. The van der Waals surface area contributed by atoms with E-state index in [-0.39, 0.29) is 12.7 Å². The second kappa shape index (κ2) is 10.1. The molecule has 29 heavy (non-hydrogen) atoms. The maximum atomic E-state index is 12.1. The van der Waals surface area contributed by atoms with Gasteiger partial charge in [0.15, 0.2) is 23.0 Å². The van der Waals surface area contributed by atoms with Crippen LogP contribution in [0.25, 0.3) is 6.08 Å². The first kappa shape index (κ1) is 20.9. The molecule has 1 heterocycles. The molecule has 1 aliphatic rings. The Kier molecular flexibility index (Phi) is 7.25. The van der Waals surface area contributed by atoms with Gasteiger partial charge in [-0.3, -0.25) is 4.79 Å². The summed E-state index contributed by atoms with van der Waals surface area (Å²) in [5.74, 6) is 2.38. The van der Waals surface area contributed by atoms with Crippen LogP contribution < -0.4 is 24.3 Å². The van der Waals surface area contributed by atoms with E-state index < -0.39 is 0 Å². The van der Waals surface area contributed by atoms with E-state index in [0.717, 1.165) is 22.6 Å². The van der Waals surface area contributed by atoms with E-state index in [1.807, 2.05) is 32.0 Å². The number of carbonyl (C=O) groups excluding carboxylic acids is 1. The fourth-order valence-electron chi connectivity index (χ4n) is 2.90. The van der Waals surface area contributed by atoms with Crippen molar-refractivity contribution in [2.45, 2.75) is 20.3 Å². The van der Waals surface area contributed by atoms with Crippen molar-refractivity contribution >= 4 is 23.6 Å². The minimum Gasteiger partial charge on any atom is -0.490 e. The van der Waals surface area contributed by atoms with E-state index in [4.69, 9.17) is 30.5 Å². The van der Waals surface area contributed by atoms with Gasteiger partial charge in [-0.15, -0.1) is 0 Å². The minimum absolute atomic E-state index is 0.152.